The Balaban J connectivity index is 2.17. The molecular formula is C37H59NO11. The lowest BCUT2D eigenvalue weighted by molar-refractivity contribution is -0.297. The summed E-state index contributed by atoms with van der Waals surface area (Å²) >= 11 is 0. The van der Waals surface area contributed by atoms with Crippen LogP contribution in [0.5, 0.6) is 0 Å². The third kappa shape index (κ3) is 9.46. The van der Waals surface area contributed by atoms with Gasteiger partial charge in [-0.25, -0.2) is 0 Å². The van der Waals surface area contributed by atoms with Crippen LogP contribution < -0.4 is 5.32 Å². The maximum Gasteiger partial charge on any atom is 0.312 e. The van der Waals surface area contributed by atoms with Crippen LogP contribution in [-0.2, 0) is 44.5 Å². The molecule has 3 rings (SSSR count). The lowest BCUT2D eigenvalue weighted by Crippen LogP contribution is -2.60. The lowest BCUT2D eigenvalue weighted by atomic mass is 9.74. The van der Waals surface area contributed by atoms with Crippen LogP contribution in [0.3, 0.4) is 0 Å². The van der Waals surface area contributed by atoms with E-state index in [2.05, 4.69) is 5.32 Å². The second-order valence-electron chi connectivity index (χ2n) is 14.6. The van der Waals surface area contributed by atoms with Crippen LogP contribution in [0.15, 0.2) is 30.3 Å². The van der Waals surface area contributed by atoms with Gasteiger partial charge in [0.2, 0.25) is 0 Å². The zero-order valence-corrected chi connectivity index (χ0v) is 30.8. The van der Waals surface area contributed by atoms with Crippen molar-refractivity contribution in [2.45, 2.75) is 141 Å². The molecule has 1 aromatic carbocycles. The summed E-state index contributed by atoms with van der Waals surface area (Å²) in [5, 5.41) is 37.3. The van der Waals surface area contributed by atoms with Gasteiger partial charge < -0.3 is 44.3 Å². The number of carbonyl (C=O) groups is 3. The van der Waals surface area contributed by atoms with Crippen molar-refractivity contribution in [1.82, 2.24) is 5.32 Å². The van der Waals surface area contributed by atoms with Gasteiger partial charge in [-0.15, -0.1) is 0 Å². The van der Waals surface area contributed by atoms with E-state index >= 15 is 0 Å². The van der Waals surface area contributed by atoms with E-state index in [-0.39, 0.29) is 37.2 Å². The molecule has 2 saturated heterocycles. The minimum absolute atomic E-state index is 0.0629. The van der Waals surface area contributed by atoms with Crippen molar-refractivity contribution >= 4 is 17.7 Å². The SMILES string of the molecule is CC[C@H]1OC(=O)[C@H](C)[C@@H](OC(=O)Cc2ccccc2)[C@H](C)[C@@H](O[C@@H]2O[C@H](C)C[C@H](NC)[C@H]2O)[C@](C)(OC)C[C@@H](C)C(=O)[C@H](C)[C@@H](O)[C@]1(C)O. The fraction of sp³-hybridized carbons (Fsp3) is 0.757. The average molecular weight is 694 g/mol. The number of Topliss-reactive ketones (excluding diaryl/α,β-unsaturated/α-hetero) is 1. The van der Waals surface area contributed by atoms with E-state index in [1.165, 1.54) is 21.0 Å². The fourth-order valence-corrected chi connectivity index (χ4v) is 7.54. The van der Waals surface area contributed by atoms with Crippen molar-refractivity contribution in [3.63, 3.8) is 0 Å². The van der Waals surface area contributed by atoms with Crippen molar-refractivity contribution in [1.29, 1.82) is 0 Å². The van der Waals surface area contributed by atoms with Gasteiger partial charge in [0.05, 0.1) is 36.3 Å². The smallest absolute Gasteiger partial charge is 0.312 e. The first-order valence-electron chi connectivity index (χ1n) is 17.5. The summed E-state index contributed by atoms with van der Waals surface area (Å²) in [5.74, 6) is -5.30. The molecule has 278 valence electrons. The Morgan fingerprint density at radius 2 is 1.67 bits per heavy atom. The number of likely N-dealkylation sites (N-methyl/N-ethyl adjacent to an activating group) is 1. The molecule has 0 aliphatic carbocycles. The highest BCUT2D eigenvalue weighted by Gasteiger charge is 2.52. The number of carbonyl (C=O) groups excluding carboxylic acids is 3. The molecule has 2 aliphatic rings. The molecule has 0 bridgehead atoms. The third-order valence-corrected chi connectivity index (χ3v) is 10.7. The van der Waals surface area contributed by atoms with Crippen LogP contribution in [0.4, 0.5) is 0 Å². The van der Waals surface area contributed by atoms with Gasteiger partial charge >= 0.3 is 11.9 Å². The number of aliphatic hydroxyl groups is 3. The van der Waals surface area contributed by atoms with Gasteiger partial charge in [0, 0.05) is 30.9 Å². The number of rotatable bonds is 8. The van der Waals surface area contributed by atoms with Crippen LogP contribution in [0.2, 0.25) is 0 Å². The predicted molar refractivity (Wildman–Crippen MR) is 181 cm³/mol. The van der Waals surface area contributed by atoms with Crippen LogP contribution in [-0.4, -0.2) is 107 Å². The summed E-state index contributed by atoms with van der Waals surface area (Å²) in [5.41, 5.74) is -2.53. The second-order valence-corrected chi connectivity index (χ2v) is 14.6. The zero-order valence-electron chi connectivity index (χ0n) is 30.8. The molecule has 49 heavy (non-hydrogen) atoms. The Labute approximate surface area is 291 Å². The maximum atomic E-state index is 13.9. The molecule has 0 spiro atoms. The lowest BCUT2D eigenvalue weighted by Gasteiger charge is -2.48. The molecular weight excluding hydrogens is 634 g/mol. The summed E-state index contributed by atoms with van der Waals surface area (Å²) in [6, 6.07) is 8.71. The standard InChI is InChI=1S/C37H59NO11/c1-11-27-37(8,44)32(42)22(4)29(40)20(2)19-36(7,45-10)33(49-35-30(41)26(38-9)17-21(3)46-35)23(5)31(24(6)34(43)47-27)48-28(39)18-25-15-13-12-14-16-25/h12-16,20-24,26-27,30-33,35,38,41-42,44H,11,17-19H2,1-10H3/t20-,21-,22+,23+,24-,26+,27-,30-,31+,32-,33-,35+,36-,37-/m1/s1. The highest BCUT2D eigenvalue weighted by atomic mass is 16.7. The summed E-state index contributed by atoms with van der Waals surface area (Å²) < 4.78 is 30.9. The van der Waals surface area contributed by atoms with E-state index in [1.807, 2.05) is 25.1 Å². The molecule has 12 nitrogen and oxygen atoms in total. The minimum atomic E-state index is -1.97. The quantitative estimate of drug-likeness (QED) is 0.294. The molecule has 2 aliphatic heterocycles. The Morgan fingerprint density at radius 1 is 1.04 bits per heavy atom. The fourth-order valence-electron chi connectivity index (χ4n) is 7.54. The van der Waals surface area contributed by atoms with Crippen LogP contribution in [0.1, 0.15) is 80.2 Å². The number of nitrogens with one attached hydrogen (secondary N) is 1. The van der Waals surface area contributed by atoms with Gasteiger partial charge in [-0.2, -0.15) is 0 Å². The molecule has 0 saturated carbocycles. The Hall–Kier alpha value is -2.45. The van der Waals surface area contributed by atoms with E-state index in [0.29, 0.717) is 12.0 Å². The number of benzene rings is 1. The van der Waals surface area contributed by atoms with Crippen molar-refractivity contribution in [3.8, 4) is 0 Å². The highest BCUT2D eigenvalue weighted by molar-refractivity contribution is 5.83. The second kappa shape index (κ2) is 17.2. The molecule has 0 aromatic heterocycles. The first kappa shape index (κ1) is 41.0. The van der Waals surface area contributed by atoms with Crippen molar-refractivity contribution in [2.24, 2.45) is 23.7 Å². The summed E-state index contributed by atoms with van der Waals surface area (Å²) in [6.07, 6.45) is -6.68. The third-order valence-electron chi connectivity index (χ3n) is 10.7. The number of hydrogen-bond acceptors (Lipinski definition) is 12. The molecule has 4 N–H and O–H groups in total. The molecule has 12 heteroatoms. The Kier molecular flexibility index (Phi) is 14.4. The zero-order chi connectivity index (χ0) is 36.8. The molecule has 0 unspecified atom stereocenters. The molecule has 0 radical (unpaired) electrons. The summed E-state index contributed by atoms with van der Waals surface area (Å²) in [6.45, 7) is 13.3. The molecule has 2 fully saturated rings. The van der Waals surface area contributed by atoms with E-state index in [4.69, 9.17) is 23.7 Å². The Morgan fingerprint density at radius 3 is 2.24 bits per heavy atom. The van der Waals surface area contributed by atoms with E-state index < -0.39 is 83.6 Å². The van der Waals surface area contributed by atoms with E-state index in [9.17, 15) is 29.7 Å². The van der Waals surface area contributed by atoms with Gasteiger partial charge in [0.15, 0.2) is 6.29 Å². The molecule has 0 amide bonds. The highest BCUT2D eigenvalue weighted by Crippen LogP contribution is 2.39. The van der Waals surface area contributed by atoms with Crippen LogP contribution >= 0.6 is 0 Å². The minimum Gasteiger partial charge on any atom is -0.461 e. The number of cyclic esters (lactones) is 1. The van der Waals surface area contributed by atoms with Crippen molar-refractivity contribution in [3.05, 3.63) is 35.9 Å². The van der Waals surface area contributed by atoms with Gasteiger partial charge in [0.25, 0.3) is 0 Å². The summed E-state index contributed by atoms with van der Waals surface area (Å²) in [7, 11) is 3.22. The van der Waals surface area contributed by atoms with Crippen molar-refractivity contribution < 1.29 is 53.4 Å². The normalized spacial score (nSPS) is 41.4. The van der Waals surface area contributed by atoms with Gasteiger partial charge in [-0.1, -0.05) is 58.0 Å². The number of ketones is 1. The largest absolute Gasteiger partial charge is 0.461 e. The van der Waals surface area contributed by atoms with Crippen molar-refractivity contribution in [2.75, 3.05) is 14.2 Å². The molecule has 14 atom stereocenters. The van der Waals surface area contributed by atoms with Gasteiger partial charge in [-0.3, -0.25) is 14.4 Å². The number of hydrogen-bond donors (Lipinski definition) is 4. The number of methoxy groups -OCH3 is 1. The topological polar surface area (TPSA) is 170 Å². The first-order chi connectivity index (χ1) is 22.9. The van der Waals surface area contributed by atoms with Gasteiger partial charge in [-0.05, 0) is 59.6 Å². The summed E-state index contributed by atoms with van der Waals surface area (Å²) in [4.78, 5) is 41.3. The van der Waals surface area contributed by atoms with Crippen LogP contribution in [0.25, 0.3) is 0 Å². The first-order valence-corrected chi connectivity index (χ1v) is 17.5. The monoisotopic (exact) mass is 693 g/mol. The predicted octanol–water partition coefficient (Wildman–Crippen LogP) is 2.97. The Bertz CT molecular complexity index is 1240. The van der Waals surface area contributed by atoms with Gasteiger partial charge in [0.1, 0.15) is 29.7 Å². The molecule has 2 heterocycles. The number of esters is 2. The van der Waals surface area contributed by atoms with E-state index in [1.54, 1.807) is 53.8 Å². The maximum absolute atomic E-state index is 13.9. The number of aliphatic hydroxyl groups excluding tert-OH is 2. The molecule has 1 aromatic rings. The number of ether oxygens (including phenoxy) is 5. The van der Waals surface area contributed by atoms with Crippen LogP contribution in [0, 0.1) is 23.7 Å². The average Bonchev–Trinajstić information content (AvgIpc) is 3.07. The van der Waals surface area contributed by atoms with E-state index in [0.717, 1.165) is 0 Å².